The highest BCUT2D eigenvalue weighted by Gasteiger charge is 2.40. The number of anilines is 1. The number of rotatable bonds is 3. The van der Waals surface area contributed by atoms with Crippen molar-refractivity contribution < 1.29 is 14.4 Å². The molecule has 126 valence electrons. The average Bonchev–Trinajstić information content (AvgIpc) is 2.57. The Kier molecular flexibility index (Phi) is 5.28. The summed E-state index contributed by atoms with van der Waals surface area (Å²) in [5, 5.41) is 2.19. The summed E-state index contributed by atoms with van der Waals surface area (Å²) in [6, 6.07) is 13.2. The molecular formula is C17H11BrIN3O3. The number of aliphatic imine (C=N–C) groups is 1. The molecule has 4 amide bonds. The molecule has 6 nitrogen and oxygen atoms in total. The van der Waals surface area contributed by atoms with Crippen LogP contribution < -0.4 is 10.2 Å². The minimum Gasteiger partial charge on any atom is -0.276 e. The molecule has 0 unspecified atom stereocenters. The van der Waals surface area contributed by atoms with Crippen molar-refractivity contribution in [2.24, 2.45) is 10.9 Å². The number of benzene rings is 2. The van der Waals surface area contributed by atoms with Crippen LogP contribution in [0.5, 0.6) is 0 Å². The van der Waals surface area contributed by atoms with Crippen molar-refractivity contribution in [3.63, 3.8) is 0 Å². The van der Waals surface area contributed by atoms with E-state index in [1.54, 1.807) is 36.4 Å². The van der Waals surface area contributed by atoms with E-state index in [9.17, 15) is 14.4 Å². The quantitative estimate of drug-likeness (QED) is 0.388. The molecule has 1 saturated heterocycles. The maximum atomic E-state index is 12.6. The van der Waals surface area contributed by atoms with Crippen molar-refractivity contribution in [3.8, 4) is 0 Å². The number of hydrogen-bond acceptors (Lipinski definition) is 4. The normalized spacial score (nSPS) is 17.9. The van der Waals surface area contributed by atoms with Crippen molar-refractivity contribution in [2.45, 2.75) is 0 Å². The lowest BCUT2D eigenvalue weighted by atomic mass is 10.1. The monoisotopic (exact) mass is 511 g/mol. The Balaban J connectivity index is 1.87. The van der Waals surface area contributed by atoms with E-state index in [1.807, 2.05) is 12.1 Å². The molecule has 0 radical (unpaired) electrons. The van der Waals surface area contributed by atoms with Crippen LogP contribution in [0.4, 0.5) is 16.2 Å². The van der Waals surface area contributed by atoms with Gasteiger partial charge in [0.1, 0.15) is 0 Å². The number of imide groups is 2. The summed E-state index contributed by atoms with van der Waals surface area (Å²) >= 11 is 5.47. The van der Waals surface area contributed by atoms with Gasteiger partial charge < -0.3 is 0 Å². The number of barbiturate groups is 1. The molecule has 0 aromatic heterocycles. The van der Waals surface area contributed by atoms with E-state index in [1.165, 1.54) is 6.21 Å². The lowest BCUT2D eigenvalue weighted by Gasteiger charge is -2.28. The van der Waals surface area contributed by atoms with Gasteiger partial charge in [0.15, 0.2) is 5.92 Å². The van der Waals surface area contributed by atoms with Crippen LogP contribution in [0.1, 0.15) is 0 Å². The van der Waals surface area contributed by atoms with Gasteiger partial charge >= 0.3 is 6.03 Å². The maximum absolute atomic E-state index is 12.6. The van der Waals surface area contributed by atoms with Crippen LogP contribution in [-0.2, 0) is 9.59 Å². The smallest absolute Gasteiger partial charge is 0.276 e. The largest absolute Gasteiger partial charge is 0.335 e. The third-order valence-electron chi connectivity index (χ3n) is 3.49. The highest BCUT2D eigenvalue weighted by atomic mass is 127. The zero-order valence-corrected chi connectivity index (χ0v) is 16.4. The van der Waals surface area contributed by atoms with E-state index in [-0.39, 0.29) is 0 Å². The highest BCUT2D eigenvalue weighted by molar-refractivity contribution is 14.1. The Morgan fingerprint density at radius 2 is 1.68 bits per heavy atom. The number of urea groups is 1. The topological polar surface area (TPSA) is 78.8 Å². The van der Waals surface area contributed by atoms with Gasteiger partial charge in [0, 0.05) is 14.3 Å². The van der Waals surface area contributed by atoms with E-state index in [4.69, 9.17) is 0 Å². The molecule has 0 bridgehead atoms. The first-order valence-electron chi connectivity index (χ1n) is 7.20. The third kappa shape index (κ3) is 3.96. The fourth-order valence-electron chi connectivity index (χ4n) is 2.24. The number of carbonyl (C=O) groups excluding carboxylic acids is 3. The summed E-state index contributed by atoms with van der Waals surface area (Å²) in [6.07, 6.45) is 1.26. The number of hydrogen-bond donors (Lipinski definition) is 1. The van der Waals surface area contributed by atoms with Gasteiger partial charge in [0.05, 0.1) is 11.4 Å². The van der Waals surface area contributed by atoms with Crippen molar-refractivity contribution in [1.82, 2.24) is 5.32 Å². The molecule has 1 aliphatic rings. The third-order valence-corrected chi connectivity index (χ3v) is 4.73. The molecule has 1 aliphatic heterocycles. The van der Waals surface area contributed by atoms with Crippen LogP contribution in [-0.4, -0.2) is 24.1 Å². The highest BCUT2D eigenvalue weighted by Crippen LogP contribution is 2.23. The zero-order valence-electron chi connectivity index (χ0n) is 12.6. The van der Waals surface area contributed by atoms with Crippen molar-refractivity contribution >= 4 is 74.0 Å². The molecule has 8 heteroatoms. The molecule has 25 heavy (non-hydrogen) atoms. The first kappa shape index (κ1) is 17.7. The minimum atomic E-state index is -1.17. The molecule has 2 aromatic rings. The molecule has 0 spiro atoms. The SMILES string of the molecule is O=C1NC(=O)N(c2ccc(Br)cc2)C(=O)[C@@H]1C=Nc1ccc(I)cc1. The van der Waals surface area contributed by atoms with Gasteiger partial charge in [-0.3, -0.25) is 19.9 Å². The minimum absolute atomic E-state index is 0.380. The van der Waals surface area contributed by atoms with Crippen molar-refractivity contribution in [1.29, 1.82) is 0 Å². The molecule has 1 N–H and O–H groups in total. The number of nitrogens with zero attached hydrogens (tertiary/aromatic N) is 2. The molecule has 0 saturated carbocycles. The number of amides is 4. The summed E-state index contributed by atoms with van der Waals surface area (Å²) in [5.41, 5.74) is 0.999. The second kappa shape index (κ2) is 7.44. The zero-order chi connectivity index (χ0) is 18.0. The van der Waals surface area contributed by atoms with Gasteiger partial charge in [-0.2, -0.15) is 0 Å². The lowest BCUT2D eigenvalue weighted by Crippen LogP contribution is -2.58. The number of halogens is 2. The van der Waals surface area contributed by atoms with Gasteiger partial charge in [-0.05, 0) is 71.1 Å². The number of nitrogens with one attached hydrogen (secondary N) is 1. The Morgan fingerprint density at radius 1 is 1.04 bits per heavy atom. The second-order valence-corrected chi connectivity index (χ2v) is 7.34. The van der Waals surface area contributed by atoms with Crippen LogP contribution in [0.2, 0.25) is 0 Å². The Labute approximate surface area is 165 Å². The Morgan fingerprint density at radius 3 is 2.32 bits per heavy atom. The van der Waals surface area contributed by atoms with Gasteiger partial charge in [0.2, 0.25) is 5.91 Å². The first-order chi connectivity index (χ1) is 12.0. The van der Waals surface area contributed by atoms with Gasteiger partial charge in [0.25, 0.3) is 5.91 Å². The summed E-state index contributed by atoms with van der Waals surface area (Å²) in [5.74, 6) is -2.48. The predicted octanol–water partition coefficient (Wildman–Crippen LogP) is 3.66. The molecule has 0 aliphatic carbocycles. The van der Waals surface area contributed by atoms with Crippen molar-refractivity contribution in [3.05, 3.63) is 56.6 Å². The maximum Gasteiger partial charge on any atom is 0.335 e. The van der Waals surface area contributed by atoms with E-state index < -0.39 is 23.8 Å². The average molecular weight is 512 g/mol. The molecule has 1 heterocycles. The fraction of sp³-hybridized carbons (Fsp3) is 0.0588. The van der Waals surface area contributed by atoms with Crippen molar-refractivity contribution in [2.75, 3.05) is 4.90 Å². The van der Waals surface area contributed by atoms with Crippen LogP contribution in [0, 0.1) is 9.49 Å². The summed E-state index contributed by atoms with van der Waals surface area (Å²) in [7, 11) is 0. The fourth-order valence-corrected chi connectivity index (χ4v) is 2.87. The van der Waals surface area contributed by atoms with E-state index in [2.05, 4.69) is 48.8 Å². The molecular weight excluding hydrogens is 501 g/mol. The molecule has 1 atom stereocenters. The number of carbonyl (C=O) groups is 3. The summed E-state index contributed by atoms with van der Waals surface area (Å²) in [4.78, 5) is 41.9. The molecule has 2 aromatic carbocycles. The predicted molar refractivity (Wildman–Crippen MR) is 106 cm³/mol. The van der Waals surface area contributed by atoms with E-state index in [0.29, 0.717) is 11.4 Å². The standard InChI is InChI=1S/C17H11BrIN3O3/c18-10-1-7-13(8-2-10)22-16(24)14(15(23)21-17(22)25)9-20-12-5-3-11(19)4-6-12/h1-9,14H,(H,21,23,25)/t14-/m1/s1. The lowest BCUT2D eigenvalue weighted by molar-refractivity contribution is -0.131. The van der Waals surface area contributed by atoms with Crippen LogP contribution in [0.3, 0.4) is 0 Å². The van der Waals surface area contributed by atoms with Gasteiger partial charge in [-0.15, -0.1) is 0 Å². The van der Waals surface area contributed by atoms with Crippen LogP contribution in [0.15, 0.2) is 58.0 Å². The van der Waals surface area contributed by atoms with Gasteiger partial charge in [-0.1, -0.05) is 15.9 Å². The molecule has 3 rings (SSSR count). The second-order valence-electron chi connectivity index (χ2n) is 5.18. The van der Waals surface area contributed by atoms with Crippen LogP contribution >= 0.6 is 38.5 Å². The first-order valence-corrected chi connectivity index (χ1v) is 9.07. The Hall–Kier alpha value is -2.07. The van der Waals surface area contributed by atoms with Crippen LogP contribution in [0.25, 0.3) is 0 Å². The summed E-state index contributed by atoms with van der Waals surface area (Å²) in [6.45, 7) is 0. The molecule has 1 fully saturated rings. The Bertz CT molecular complexity index is 866. The van der Waals surface area contributed by atoms with Gasteiger partial charge in [-0.25, -0.2) is 9.69 Å². The summed E-state index contributed by atoms with van der Waals surface area (Å²) < 4.78 is 1.86. The van der Waals surface area contributed by atoms with E-state index in [0.717, 1.165) is 12.9 Å². The van der Waals surface area contributed by atoms with E-state index >= 15 is 0 Å².